The summed E-state index contributed by atoms with van der Waals surface area (Å²) in [5.41, 5.74) is 1.69. The summed E-state index contributed by atoms with van der Waals surface area (Å²) < 4.78 is 26.1. The molecule has 1 aliphatic heterocycles. The number of carbonyl (C=O) groups excluding carboxylic acids is 1. The molecule has 2 aromatic carbocycles. The summed E-state index contributed by atoms with van der Waals surface area (Å²) in [7, 11) is 0. The summed E-state index contributed by atoms with van der Waals surface area (Å²) in [4.78, 5) is 15.6. The van der Waals surface area contributed by atoms with E-state index in [1.807, 2.05) is 36.4 Å². The smallest absolute Gasteiger partial charge is 0.397 e. The van der Waals surface area contributed by atoms with Crippen LogP contribution < -0.4 is 14.2 Å². The van der Waals surface area contributed by atoms with E-state index in [1.165, 1.54) is 0 Å². The van der Waals surface area contributed by atoms with Gasteiger partial charge in [0.25, 0.3) is 0 Å². The van der Waals surface area contributed by atoms with Crippen LogP contribution in [-0.2, 0) is 11.3 Å². The lowest BCUT2D eigenvalue weighted by atomic mass is 10.1. The summed E-state index contributed by atoms with van der Waals surface area (Å²) in [6.07, 6.45) is 0. The molecule has 8 heteroatoms. The van der Waals surface area contributed by atoms with E-state index in [1.54, 1.807) is 13.0 Å². The molecule has 0 spiro atoms. The van der Waals surface area contributed by atoms with Crippen LogP contribution in [0.2, 0.25) is 0 Å². The maximum absolute atomic E-state index is 11.6. The van der Waals surface area contributed by atoms with Gasteiger partial charge >= 0.3 is 11.9 Å². The summed E-state index contributed by atoms with van der Waals surface area (Å²) in [5, 5.41) is 3.80. The molecule has 0 radical (unpaired) electrons. The molecule has 3 aromatic rings. The zero-order chi connectivity index (χ0) is 18.6. The van der Waals surface area contributed by atoms with Gasteiger partial charge in [-0.05, 0) is 24.6 Å². The fourth-order valence-electron chi connectivity index (χ4n) is 2.50. The molecule has 1 aliphatic rings. The van der Waals surface area contributed by atoms with Gasteiger partial charge in [0, 0.05) is 11.6 Å². The number of hydrogen-bond acceptors (Lipinski definition) is 8. The Hall–Kier alpha value is -3.55. The quantitative estimate of drug-likeness (QED) is 0.612. The van der Waals surface area contributed by atoms with Gasteiger partial charge in [0.1, 0.15) is 12.4 Å². The molecule has 0 bridgehead atoms. The molecule has 0 aliphatic carbocycles. The van der Waals surface area contributed by atoms with Crippen molar-refractivity contribution >= 4 is 5.97 Å². The Morgan fingerprint density at radius 2 is 1.93 bits per heavy atom. The van der Waals surface area contributed by atoms with Crippen molar-refractivity contribution in [2.24, 2.45) is 0 Å². The second-order valence-electron chi connectivity index (χ2n) is 5.64. The van der Waals surface area contributed by atoms with E-state index < -0.39 is 5.97 Å². The fraction of sp³-hybridized carbons (Fsp3) is 0.211. The van der Waals surface area contributed by atoms with Crippen LogP contribution in [0.3, 0.4) is 0 Å². The number of hydrogen-bond donors (Lipinski definition) is 0. The Bertz CT molecular complexity index is 951. The minimum Gasteiger partial charge on any atom is -0.489 e. The first-order chi connectivity index (χ1) is 13.2. The molecular formula is C19H16N2O6. The van der Waals surface area contributed by atoms with Crippen molar-refractivity contribution in [3.05, 3.63) is 53.9 Å². The standard InChI is InChI=1S/C19H16N2O6/c1-2-23-19(22)18-20-17(21-27-18)13-5-3-12(4-6-13)10-24-14-7-8-15-16(9-14)26-11-25-15/h3-9H,2,10-11H2,1H3. The van der Waals surface area contributed by atoms with Gasteiger partial charge in [0.05, 0.1) is 6.61 Å². The van der Waals surface area contributed by atoms with Crippen LogP contribution in [0.5, 0.6) is 17.2 Å². The van der Waals surface area contributed by atoms with Crippen LogP contribution in [0.4, 0.5) is 0 Å². The summed E-state index contributed by atoms with van der Waals surface area (Å²) in [6, 6.07) is 12.9. The van der Waals surface area contributed by atoms with E-state index in [4.69, 9.17) is 23.5 Å². The molecule has 0 fully saturated rings. The predicted octanol–water partition coefficient (Wildman–Crippen LogP) is 3.22. The molecular weight excluding hydrogens is 352 g/mol. The van der Waals surface area contributed by atoms with Gasteiger partial charge in [-0.2, -0.15) is 4.98 Å². The van der Waals surface area contributed by atoms with Gasteiger partial charge in [-0.25, -0.2) is 4.79 Å². The van der Waals surface area contributed by atoms with Crippen LogP contribution in [-0.4, -0.2) is 29.5 Å². The van der Waals surface area contributed by atoms with E-state index in [0.29, 0.717) is 29.7 Å². The lowest BCUT2D eigenvalue weighted by molar-refractivity contribution is 0.0470. The van der Waals surface area contributed by atoms with Crippen molar-refractivity contribution in [3.8, 4) is 28.6 Å². The van der Waals surface area contributed by atoms with Gasteiger partial charge < -0.3 is 23.5 Å². The van der Waals surface area contributed by atoms with Crippen molar-refractivity contribution in [1.82, 2.24) is 10.1 Å². The maximum Gasteiger partial charge on any atom is 0.397 e. The predicted molar refractivity (Wildman–Crippen MR) is 92.6 cm³/mol. The molecule has 1 aromatic heterocycles. The summed E-state index contributed by atoms with van der Waals surface area (Å²) >= 11 is 0. The summed E-state index contributed by atoms with van der Waals surface area (Å²) in [6.45, 7) is 2.57. The normalized spacial score (nSPS) is 12.0. The number of carbonyl (C=O) groups is 1. The van der Waals surface area contributed by atoms with Gasteiger partial charge in [-0.1, -0.05) is 29.4 Å². The minimum atomic E-state index is -0.634. The lowest BCUT2D eigenvalue weighted by Gasteiger charge is -2.07. The third-order valence-electron chi connectivity index (χ3n) is 3.84. The van der Waals surface area contributed by atoms with E-state index in [9.17, 15) is 4.79 Å². The average Bonchev–Trinajstić information content (AvgIpc) is 3.36. The minimum absolute atomic E-state index is 0.165. The topological polar surface area (TPSA) is 92.9 Å². The van der Waals surface area contributed by atoms with E-state index in [0.717, 1.165) is 11.1 Å². The fourth-order valence-corrected chi connectivity index (χ4v) is 2.50. The Labute approximate surface area is 154 Å². The van der Waals surface area contributed by atoms with Crippen LogP contribution in [0.1, 0.15) is 23.2 Å². The molecule has 0 unspecified atom stereocenters. The molecule has 0 amide bonds. The zero-order valence-electron chi connectivity index (χ0n) is 14.5. The zero-order valence-corrected chi connectivity index (χ0v) is 14.5. The van der Waals surface area contributed by atoms with Gasteiger partial charge in [0.15, 0.2) is 11.5 Å². The second-order valence-corrected chi connectivity index (χ2v) is 5.64. The van der Waals surface area contributed by atoms with Crippen LogP contribution in [0.15, 0.2) is 47.0 Å². The summed E-state index contributed by atoms with van der Waals surface area (Å²) in [5.74, 6) is 1.61. The first-order valence-corrected chi connectivity index (χ1v) is 8.35. The molecule has 27 heavy (non-hydrogen) atoms. The van der Waals surface area contributed by atoms with E-state index >= 15 is 0 Å². The van der Waals surface area contributed by atoms with Crippen molar-refractivity contribution in [3.63, 3.8) is 0 Å². The van der Waals surface area contributed by atoms with Crippen molar-refractivity contribution in [2.45, 2.75) is 13.5 Å². The molecule has 0 atom stereocenters. The number of ether oxygens (including phenoxy) is 4. The van der Waals surface area contributed by atoms with Gasteiger partial charge in [-0.15, -0.1) is 0 Å². The largest absolute Gasteiger partial charge is 0.489 e. The number of nitrogens with zero attached hydrogens (tertiary/aromatic N) is 2. The average molecular weight is 368 g/mol. The maximum atomic E-state index is 11.6. The lowest BCUT2D eigenvalue weighted by Crippen LogP contribution is -2.04. The van der Waals surface area contributed by atoms with Gasteiger partial charge in [0.2, 0.25) is 12.6 Å². The van der Waals surface area contributed by atoms with Crippen LogP contribution in [0, 0.1) is 0 Å². The van der Waals surface area contributed by atoms with Crippen molar-refractivity contribution in [1.29, 1.82) is 0 Å². The number of esters is 1. The molecule has 0 saturated carbocycles. The molecule has 138 valence electrons. The highest BCUT2D eigenvalue weighted by Gasteiger charge is 2.17. The van der Waals surface area contributed by atoms with E-state index in [-0.39, 0.29) is 19.3 Å². The molecule has 2 heterocycles. The SMILES string of the molecule is CCOC(=O)c1nc(-c2ccc(COc3ccc4c(c3)OCO4)cc2)no1. The van der Waals surface area contributed by atoms with Crippen molar-refractivity contribution < 1.29 is 28.3 Å². The Morgan fingerprint density at radius 1 is 1.11 bits per heavy atom. The number of aromatic nitrogens is 2. The molecule has 8 nitrogen and oxygen atoms in total. The Balaban J connectivity index is 1.39. The third kappa shape index (κ3) is 3.69. The first-order valence-electron chi connectivity index (χ1n) is 8.35. The molecule has 0 saturated heterocycles. The molecule has 4 rings (SSSR count). The van der Waals surface area contributed by atoms with Gasteiger partial charge in [-0.3, -0.25) is 0 Å². The molecule has 0 N–H and O–H groups in total. The van der Waals surface area contributed by atoms with E-state index in [2.05, 4.69) is 10.1 Å². The number of rotatable bonds is 6. The first kappa shape index (κ1) is 16.9. The monoisotopic (exact) mass is 368 g/mol. The Morgan fingerprint density at radius 3 is 2.74 bits per heavy atom. The van der Waals surface area contributed by atoms with Crippen molar-refractivity contribution in [2.75, 3.05) is 13.4 Å². The highest BCUT2D eigenvalue weighted by Crippen LogP contribution is 2.35. The highest BCUT2D eigenvalue weighted by atomic mass is 16.7. The second kappa shape index (κ2) is 7.36. The Kier molecular flexibility index (Phi) is 4.61. The van der Waals surface area contributed by atoms with Crippen LogP contribution >= 0.6 is 0 Å². The highest BCUT2D eigenvalue weighted by molar-refractivity contribution is 5.84. The number of fused-ring (bicyclic) bond motifs is 1. The van der Waals surface area contributed by atoms with Crippen LogP contribution in [0.25, 0.3) is 11.4 Å². The number of benzene rings is 2. The third-order valence-corrected chi connectivity index (χ3v) is 3.84.